The molecule has 0 spiro atoms. The predicted octanol–water partition coefficient (Wildman–Crippen LogP) is 4.47. The first kappa shape index (κ1) is 38.6. The minimum Gasteiger partial charge on any atom is -0.497 e. The summed E-state index contributed by atoms with van der Waals surface area (Å²) in [6.07, 6.45) is 10.7. The van der Waals surface area contributed by atoms with Gasteiger partial charge in [-0.25, -0.2) is 18.4 Å². The summed E-state index contributed by atoms with van der Waals surface area (Å²) in [6.45, 7) is 5.05. The number of nitrogens with one attached hydrogen (secondary N) is 1. The zero-order valence-corrected chi connectivity index (χ0v) is 31.7. The molecule has 1 saturated carbocycles. The van der Waals surface area contributed by atoms with Crippen LogP contribution in [0.15, 0.2) is 48.9 Å². The molecule has 53 heavy (non-hydrogen) atoms. The molecule has 2 aromatic heterocycles. The van der Waals surface area contributed by atoms with E-state index in [0.29, 0.717) is 62.8 Å². The Labute approximate surface area is 316 Å². The van der Waals surface area contributed by atoms with Gasteiger partial charge in [-0.05, 0) is 69.8 Å². The number of pyridine rings is 1. The number of nitrogens with zero attached hydrogens (tertiary/aromatic N) is 7. The third kappa shape index (κ3) is 9.93. The fourth-order valence-electron chi connectivity index (χ4n) is 7.15. The van der Waals surface area contributed by atoms with Crippen LogP contribution in [-0.4, -0.2) is 116 Å². The zero-order chi connectivity index (χ0) is 37.3. The SMILES string of the molecule is COc1ccnc(N2CCN(S(=O)(=O)CCOCCN3CCC(c4cnc(NC(=O)C5(Oc6ccc(C#N)c(Cl)c6)CCCCC5)cn4)CC3)CC2)c1. The van der Waals surface area contributed by atoms with Gasteiger partial charge in [-0.15, -0.1) is 0 Å². The van der Waals surface area contributed by atoms with Crippen LogP contribution in [-0.2, 0) is 19.6 Å². The lowest BCUT2D eigenvalue weighted by Gasteiger charge is -2.36. The number of carbonyl (C=O) groups is 1. The van der Waals surface area contributed by atoms with E-state index in [1.165, 1.54) is 0 Å². The Morgan fingerprint density at radius 2 is 1.75 bits per heavy atom. The van der Waals surface area contributed by atoms with Crippen LogP contribution in [0.3, 0.4) is 0 Å². The van der Waals surface area contributed by atoms with Crippen LogP contribution in [0.4, 0.5) is 11.6 Å². The highest BCUT2D eigenvalue weighted by molar-refractivity contribution is 7.89. The molecule has 14 nitrogen and oxygen atoms in total. The first-order valence-electron chi connectivity index (χ1n) is 18.2. The van der Waals surface area contributed by atoms with E-state index in [2.05, 4.69) is 30.1 Å². The molecule has 3 fully saturated rings. The molecule has 0 unspecified atom stereocenters. The number of amides is 1. The van der Waals surface area contributed by atoms with Crippen LogP contribution in [0.2, 0.25) is 5.02 Å². The zero-order valence-electron chi connectivity index (χ0n) is 30.1. The van der Waals surface area contributed by atoms with Crippen molar-refractivity contribution in [2.75, 3.05) is 82.1 Å². The van der Waals surface area contributed by atoms with Gasteiger partial charge in [0.15, 0.2) is 11.4 Å². The molecule has 284 valence electrons. The molecule has 0 bridgehead atoms. The number of hydrogen-bond donors (Lipinski definition) is 1. The van der Waals surface area contributed by atoms with Crippen molar-refractivity contribution < 1.29 is 27.4 Å². The normalized spacial score (nSPS) is 18.6. The van der Waals surface area contributed by atoms with Crippen molar-refractivity contribution in [1.82, 2.24) is 24.2 Å². The molecule has 3 aliphatic rings. The van der Waals surface area contributed by atoms with E-state index < -0.39 is 15.6 Å². The molecule has 2 saturated heterocycles. The van der Waals surface area contributed by atoms with Crippen molar-refractivity contribution in [1.29, 1.82) is 5.26 Å². The minimum atomic E-state index is -3.41. The van der Waals surface area contributed by atoms with Crippen LogP contribution < -0.4 is 19.7 Å². The molecule has 6 rings (SSSR count). The van der Waals surface area contributed by atoms with Gasteiger partial charge in [0.1, 0.15) is 23.4 Å². The van der Waals surface area contributed by atoms with Crippen molar-refractivity contribution in [3.63, 3.8) is 0 Å². The Bertz CT molecular complexity index is 1840. The Balaban J connectivity index is 0.897. The Morgan fingerprint density at radius 1 is 0.981 bits per heavy atom. The molecule has 0 atom stereocenters. The summed E-state index contributed by atoms with van der Waals surface area (Å²) in [5, 5.41) is 12.4. The summed E-state index contributed by atoms with van der Waals surface area (Å²) in [5.41, 5.74) is 0.177. The second-order valence-corrected chi connectivity index (χ2v) is 16.2. The van der Waals surface area contributed by atoms with Crippen LogP contribution in [0.25, 0.3) is 0 Å². The number of halogens is 1. The molecule has 1 aliphatic carbocycles. The van der Waals surface area contributed by atoms with Crippen LogP contribution >= 0.6 is 11.6 Å². The minimum absolute atomic E-state index is 0.0401. The average Bonchev–Trinajstić information content (AvgIpc) is 3.19. The van der Waals surface area contributed by atoms with Gasteiger partial charge in [0.25, 0.3) is 5.91 Å². The lowest BCUT2D eigenvalue weighted by molar-refractivity contribution is -0.134. The third-order valence-electron chi connectivity index (χ3n) is 10.3. The first-order valence-corrected chi connectivity index (χ1v) is 20.2. The van der Waals surface area contributed by atoms with E-state index >= 15 is 0 Å². The number of anilines is 2. The lowest BCUT2D eigenvalue weighted by Crippen LogP contribution is -2.49. The van der Waals surface area contributed by atoms with E-state index in [0.717, 1.165) is 69.0 Å². The third-order valence-corrected chi connectivity index (χ3v) is 12.5. The van der Waals surface area contributed by atoms with Crippen molar-refractivity contribution >= 4 is 39.2 Å². The number of rotatable bonds is 14. The summed E-state index contributed by atoms with van der Waals surface area (Å²) in [4.78, 5) is 31.6. The van der Waals surface area contributed by atoms with E-state index in [1.807, 2.05) is 12.1 Å². The molecule has 3 aromatic rings. The van der Waals surface area contributed by atoms with Gasteiger partial charge in [0.05, 0.1) is 54.8 Å². The summed E-state index contributed by atoms with van der Waals surface area (Å²) in [6, 6.07) is 10.5. The van der Waals surface area contributed by atoms with Crippen molar-refractivity contribution in [2.45, 2.75) is 56.5 Å². The van der Waals surface area contributed by atoms with Gasteiger partial charge >= 0.3 is 0 Å². The van der Waals surface area contributed by atoms with Gasteiger partial charge in [-0.2, -0.15) is 9.57 Å². The predicted molar refractivity (Wildman–Crippen MR) is 201 cm³/mol. The van der Waals surface area contributed by atoms with Crippen molar-refractivity contribution in [3.05, 3.63) is 65.2 Å². The molecule has 0 radical (unpaired) electrons. The highest BCUT2D eigenvalue weighted by Gasteiger charge is 2.42. The first-order chi connectivity index (χ1) is 25.7. The number of nitriles is 1. The number of likely N-dealkylation sites (tertiary alicyclic amines) is 1. The number of carbonyl (C=O) groups excluding carboxylic acids is 1. The van der Waals surface area contributed by atoms with Crippen LogP contribution in [0.1, 0.15) is 62.1 Å². The van der Waals surface area contributed by atoms with E-state index in [-0.39, 0.29) is 29.2 Å². The number of aromatic nitrogens is 3. The molecule has 2 aliphatic heterocycles. The second kappa shape index (κ2) is 17.8. The number of piperazine rings is 1. The van der Waals surface area contributed by atoms with Crippen molar-refractivity contribution in [3.8, 4) is 17.6 Å². The second-order valence-electron chi connectivity index (χ2n) is 13.7. The monoisotopic (exact) mass is 766 g/mol. The largest absolute Gasteiger partial charge is 0.497 e. The summed E-state index contributed by atoms with van der Waals surface area (Å²) in [7, 11) is -1.80. The molecular weight excluding hydrogens is 720 g/mol. The van der Waals surface area contributed by atoms with E-state index in [1.54, 1.807) is 54.3 Å². The Kier molecular flexibility index (Phi) is 13.0. The Morgan fingerprint density at radius 3 is 2.43 bits per heavy atom. The number of hydrogen-bond acceptors (Lipinski definition) is 12. The van der Waals surface area contributed by atoms with Gasteiger partial charge in [-0.3, -0.25) is 9.78 Å². The molecule has 16 heteroatoms. The van der Waals surface area contributed by atoms with Gasteiger partial charge in [0.2, 0.25) is 10.0 Å². The fourth-order valence-corrected chi connectivity index (χ4v) is 8.67. The van der Waals surface area contributed by atoms with Gasteiger partial charge in [0, 0.05) is 57.0 Å². The molecule has 1 aromatic carbocycles. The summed E-state index contributed by atoms with van der Waals surface area (Å²) in [5.74, 6) is 2.26. The number of ether oxygens (including phenoxy) is 3. The highest BCUT2D eigenvalue weighted by Crippen LogP contribution is 2.36. The summed E-state index contributed by atoms with van der Waals surface area (Å²) < 4.78 is 44.8. The highest BCUT2D eigenvalue weighted by atomic mass is 35.5. The maximum Gasteiger partial charge on any atom is 0.269 e. The lowest BCUT2D eigenvalue weighted by atomic mass is 9.83. The smallest absolute Gasteiger partial charge is 0.269 e. The van der Waals surface area contributed by atoms with Gasteiger partial charge < -0.3 is 29.3 Å². The topological polar surface area (TPSA) is 163 Å². The van der Waals surface area contributed by atoms with Crippen LogP contribution in [0.5, 0.6) is 11.5 Å². The summed E-state index contributed by atoms with van der Waals surface area (Å²) >= 11 is 6.23. The number of sulfonamides is 1. The maximum atomic E-state index is 13.6. The molecule has 1 N–H and O–H groups in total. The van der Waals surface area contributed by atoms with Gasteiger partial charge in [-0.1, -0.05) is 18.0 Å². The van der Waals surface area contributed by atoms with Crippen molar-refractivity contribution in [2.24, 2.45) is 0 Å². The molecular formula is C37H47ClN8O6S. The van der Waals surface area contributed by atoms with E-state index in [9.17, 15) is 18.5 Å². The number of piperidine rings is 1. The number of benzene rings is 1. The quantitative estimate of drug-likeness (QED) is 0.230. The average molecular weight is 767 g/mol. The standard InChI is InChI=1S/C37H47ClN8O6S/c1-50-30-7-12-40-35(24-30)45-15-17-46(18-16-45)53(48,49)22-21-51-20-19-44-13-8-28(9-14-44)33-26-42-34(27-41-33)43-36(47)37(10-3-2-4-11-37)52-31-6-5-29(25-39)32(38)23-31/h5-7,12,23-24,26-28H,2-4,8-11,13-22H2,1H3,(H,42,43,47). The van der Waals surface area contributed by atoms with E-state index in [4.69, 9.17) is 25.8 Å². The Hall–Kier alpha value is -4.07. The molecule has 4 heterocycles. The number of methoxy groups -OCH3 is 1. The molecule has 1 amide bonds. The maximum absolute atomic E-state index is 13.6. The fraction of sp³-hybridized carbons (Fsp3) is 0.541. The van der Waals surface area contributed by atoms with Crippen LogP contribution in [0, 0.1) is 11.3 Å².